The molecule has 1 fully saturated rings. The van der Waals surface area contributed by atoms with Crippen LogP contribution in [-0.4, -0.2) is 50.7 Å². The third kappa shape index (κ3) is 2.84. The van der Waals surface area contributed by atoms with Crippen molar-refractivity contribution in [1.29, 1.82) is 0 Å². The number of nitrogens with zero attached hydrogens (tertiary/aromatic N) is 3. The minimum absolute atomic E-state index is 0.682. The Morgan fingerprint density at radius 1 is 0.963 bits per heavy atom. The van der Waals surface area contributed by atoms with E-state index in [-0.39, 0.29) is 0 Å². The summed E-state index contributed by atoms with van der Waals surface area (Å²) in [5, 5.41) is 0. The average Bonchev–Trinajstić information content (AvgIpc) is 3.04. The van der Waals surface area contributed by atoms with Gasteiger partial charge < -0.3 is 14.7 Å². The lowest BCUT2D eigenvalue weighted by atomic mass is 9.88. The zero-order valence-electron chi connectivity index (χ0n) is 16.7. The van der Waals surface area contributed by atoms with Gasteiger partial charge in [0, 0.05) is 51.7 Å². The van der Waals surface area contributed by atoms with E-state index in [4.69, 9.17) is 0 Å². The summed E-state index contributed by atoms with van der Waals surface area (Å²) in [4.78, 5) is 7.89. The van der Waals surface area contributed by atoms with Crippen LogP contribution >= 0.6 is 0 Å². The molecule has 0 spiro atoms. The monoisotopic (exact) mass is 361 g/mol. The van der Waals surface area contributed by atoms with Gasteiger partial charge in [-0.3, -0.25) is 0 Å². The molecular weight excluding hydrogens is 330 g/mol. The van der Waals surface area contributed by atoms with Crippen molar-refractivity contribution in [1.82, 2.24) is 4.90 Å². The Labute approximate surface area is 163 Å². The minimum Gasteiger partial charge on any atom is -0.371 e. The highest BCUT2D eigenvalue weighted by Gasteiger charge is 2.44. The van der Waals surface area contributed by atoms with Gasteiger partial charge in [-0.1, -0.05) is 43.3 Å². The van der Waals surface area contributed by atoms with Crippen LogP contribution in [0.25, 0.3) is 0 Å². The van der Waals surface area contributed by atoms with Crippen LogP contribution in [0, 0.1) is 0 Å². The second kappa shape index (κ2) is 6.87. The summed E-state index contributed by atoms with van der Waals surface area (Å²) < 4.78 is 0. The smallest absolute Gasteiger partial charge is 0.0644 e. The number of benzene rings is 2. The Bertz CT molecular complexity index is 830. The van der Waals surface area contributed by atoms with Crippen LogP contribution in [0.2, 0.25) is 0 Å². The third-order valence-corrected chi connectivity index (χ3v) is 7.08. The van der Waals surface area contributed by atoms with Crippen LogP contribution in [0.5, 0.6) is 0 Å². The van der Waals surface area contributed by atoms with Gasteiger partial charge in [-0.05, 0) is 42.0 Å². The molecular formula is C24H31N3. The number of hydrogen-bond acceptors (Lipinski definition) is 3. The van der Waals surface area contributed by atoms with E-state index in [2.05, 4.69) is 71.1 Å². The summed E-state index contributed by atoms with van der Waals surface area (Å²) >= 11 is 0. The molecule has 0 saturated carbocycles. The van der Waals surface area contributed by atoms with E-state index in [0.29, 0.717) is 12.0 Å². The van der Waals surface area contributed by atoms with E-state index in [0.717, 1.165) is 13.0 Å². The summed E-state index contributed by atoms with van der Waals surface area (Å²) in [5.41, 5.74) is 7.64. The van der Waals surface area contributed by atoms with Gasteiger partial charge in [-0.15, -0.1) is 0 Å². The second-order valence-corrected chi connectivity index (χ2v) is 8.47. The zero-order valence-corrected chi connectivity index (χ0v) is 16.7. The normalized spacial score (nSPS) is 24.1. The first-order valence-corrected chi connectivity index (χ1v) is 10.7. The van der Waals surface area contributed by atoms with Gasteiger partial charge in [-0.2, -0.15) is 0 Å². The molecule has 2 atom stereocenters. The average molecular weight is 362 g/mol. The molecule has 3 aliphatic heterocycles. The molecule has 3 nitrogen and oxygen atoms in total. The van der Waals surface area contributed by atoms with Gasteiger partial charge >= 0.3 is 0 Å². The lowest BCUT2D eigenvalue weighted by molar-refractivity contribution is 0.195. The number of anilines is 2. The van der Waals surface area contributed by atoms with E-state index < -0.39 is 0 Å². The summed E-state index contributed by atoms with van der Waals surface area (Å²) in [6.45, 7) is 8.25. The molecule has 3 heterocycles. The number of likely N-dealkylation sites (N-methyl/N-ethyl adjacent to an activating group) is 1. The highest BCUT2D eigenvalue weighted by Crippen LogP contribution is 2.50. The van der Waals surface area contributed by atoms with Gasteiger partial charge in [0.25, 0.3) is 0 Å². The van der Waals surface area contributed by atoms with Gasteiger partial charge in [0.2, 0.25) is 0 Å². The quantitative estimate of drug-likeness (QED) is 0.817. The van der Waals surface area contributed by atoms with Crippen LogP contribution in [0.15, 0.2) is 42.5 Å². The molecule has 0 bridgehead atoms. The fourth-order valence-corrected chi connectivity index (χ4v) is 5.60. The second-order valence-electron chi connectivity index (χ2n) is 8.47. The summed E-state index contributed by atoms with van der Waals surface area (Å²) in [5.74, 6) is 0.682. The number of hydrogen-bond donors (Lipinski definition) is 0. The number of para-hydroxylation sites is 1. The molecule has 0 aromatic heterocycles. The molecule has 0 N–H and O–H groups in total. The van der Waals surface area contributed by atoms with E-state index in [1.807, 2.05) is 0 Å². The molecule has 1 saturated heterocycles. The van der Waals surface area contributed by atoms with Crippen LogP contribution < -0.4 is 9.80 Å². The topological polar surface area (TPSA) is 9.72 Å². The highest BCUT2D eigenvalue weighted by molar-refractivity contribution is 5.80. The molecule has 0 radical (unpaired) electrons. The number of rotatable bonds is 4. The molecule has 27 heavy (non-hydrogen) atoms. The molecule has 3 aliphatic rings. The maximum Gasteiger partial charge on any atom is 0.0644 e. The Balaban J connectivity index is 1.34. The van der Waals surface area contributed by atoms with Crippen LogP contribution in [-0.2, 0) is 12.8 Å². The molecule has 3 heteroatoms. The molecule has 0 amide bonds. The number of likely N-dealkylation sites (tertiary alicyclic amines) is 1. The first-order chi connectivity index (χ1) is 13.3. The summed E-state index contributed by atoms with van der Waals surface area (Å²) in [7, 11) is 2.24. The van der Waals surface area contributed by atoms with Gasteiger partial charge in [-0.25, -0.2) is 0 Å². The predicted molar refractivity (Wildman–Crippen MR) is 114 cm³/mol. The summed E-state index contributed by atoms with van der Waals surface area (Å²) in [6, 6.07) is 16.7. The number of piperidine rings is 1. The van der Waals surface area contributed by atoms with Crippen molar-refractivity contribution in [3.8, 4) is 0 Å². The van der Waals surface area contributed by atoms with Crippen LogP contribution in [0.1, 0.15) is 36.0 Å². The maximum absolute atomic E-state index is 2.74. The Morgan fingerprint density at radius 2 is 1.81 bits per heavy atom. The molecule has 2 aromatic carbocycles. The zero-order chi connectivity index (χ0) is 18.4. The van der Waals surface area contributed by atoms with Crippen LogP contribution in [0.4, 0.5) is 11.4 Å². The largest absolute Gasteiger partial charge is 0.371 e. The Hall–Kier alpha value is -2.00. The van der Waals surface area contributed by atoms with Crippen molar-refractivity contribution in [3.63, 3.8) is 0 Å². The van der Waals surface area contributed by atoms with Gasteiger partial charge in [0.1, 0.15) is 0 Å². The molecule has 2 aromatic rings. The van der Waals surface area contributed by atoms with Crippen molar-refractivity contribution in [3.05, 3.63) is 59.2 Å². The van der Waals surface area contributed by atoms with Crippen molar-refractivity contribution < 1.29 is 0 Å². The fraction of sp³-hybridized carbons (Fsp3) is 0.500. The number of fused-ring (bicyclic) bond motifs is 3. The van der Waals surface area contributed by atoms with Crippen molar-refractivity contribution in [2.75, 3.05) is 49.6 Å². The van der Waals surface area contributed by atoms with Crippen LogP contribution in [0.3, 0.4) is 0 Å². The number of aryl methyl sites for hydroxylation is 1. The van der Waals surface area contributed by atoms with Gasteiger partial charge in [0.15, 0.2) is 0 Å². The van der Waals surface area contributed by atoms with E-state index in [1.165, 1.54) is 55.8 Å². The molecule has 0 unspecified atom stereocenters. The van der Waals surface area contributed by atoms with Crippen molar-refractivity contribution >= 4 is 11.4 Å². The first-order valence-electron chi connectivity index (χ1n) is 10.7. The van der Waals surface area contributed by atoms with Crippen molar-refractivity contribution in [2.24, 2.45) is 0 Å². The minimum atomic E-state index is 0.682. The van der Waals surface area contributed by atoms with Crippen molar-refractivity contribution in [2.45, 2.75) is 38.1 Å². The Kier molecular flexibility index (Phi) is 4.35. The van der Waals surface area contributed by atoms with E-state index >= 15 is 0 Å². The molecule has 5 rings (SSSR count). The molecule has 0 aliphatic carbocycles. The lowest BCUT2D eigenvalue weighted by Crippen LogP contribution is -2.49. The molecule has 142 valence electrons. The lowest BCUT2D eigenvalue weighted by Gasteiger charge is -2.41. The SMILES string of the molecule is CCc1ccccc1CCN1CC[C@H]2[C@@H](C1)c1cccc3c1N2CCN3C. The third-order valence-electron chi connectivity index (χ3n) is 7.08. The highest BCUT2D eigenvalue weighted by atomic mass is 15.3. The first kappa shape index (κ1) is 17.1. The maximum atomic E-state index is 2.74. The predicted octanol–water partition coefficient (Wildman–Crippen LogP) is 3.92. The summed E-state index contributed by atoms with van der Waals surface area (Å²) in [6.07, 6.45) is 3.62. The Morgan fingerprint density at radius 3 is 2.67 bits per heavy atom. The fourth-order valence-electron chi connectivity index (χ4n) is 5.60. The van der Waals surface area contributed by atoms with Gasteiger partial charge in [0.05, 0.1) is 11.4 Å². The van der Waals surface area contributed by atoms with E-state index in [9.17, 15) is 0 Å². The standard InChI is InChI=1S/C24H31N3/c1-3-18-7-4-5-8-19(18)11-13-26-14-12-22-21(17-26)20-9-6-10-23-24(20)27(22)16-15-25(23)2/h4-10,21-22H,3,11-17H2,1-2H3/t21-,22-/m0/s1. The van der Waals surface area contributed by atoms with E-state index in [1.54, 1.807) is 11.3 Å².